The second-order valence-corrected chi connectivity index (χ2v) is 7.93. The minimum absolute atomic E-state index is 0.0904. The Balaban J connectivity index is 1.41. The monoisotopic (exact) mass is 393 g/mol. The standard InChI is InChI=1S/C22H20ClN3O2/c23-17-8-3-7-15(11-17)21-24-22(28-25-21)16-12-20(27)26(13-16)19-10-4-6-14-5-1-2-9-18(14)19/h3-4,6-8,10-11,16H,1-2,5,9,12-13H2. The molecule has 6 heteroatoms. The predicted molar refractivity (Wildman–Crippen MR) is 108 cm³/mol. The van der Waals surface area contributed by atoms with Crippen LogP contribution in [0.5, 0.6) is 0 Å². The third-order valence-electron chi connectivity index (χ3n) is 5.66. The molecule has 1 aliphatic carbocycles. The van der Waals surface area contributed by atoms with E-state index in [1.807, 2.05) is 17.0 Å². The molecule has 28 heavy (non-hydrogen) atoms. The molecule has 0 radical (unpaired) electrons. The largest absolute Gasteiger partial charge is 0.339 e. The number of carbonyl (C=O) groups is 1. The van der Waals surface area contributed by atoms with Gasteiger partial charge >= 0.3 is 0 Å². The molecule has 1 atom stereocenters. The van der Waals surface area contributed by atoms with Gasteiger partial charge in [-0.1, -0.05) is 41.0 Å². The second-order valence-electron chi connectivity index (χ2n) is 7.49. The van der Waals surface area contributed by atoms with E-state index in [0.29, 0.717) is 29.7 Å². The molecule has 3 aromatic rings. The molecule has 1 unspecified atom stereocenters. The first-order valence-electron chi connectivity index (χ1n) is 9.70. The number of nitrogens with zero attached hydrogens (tertiary/aromatic N) is 3. The summed E-state index contributed by atoms with van der Waals surface area (Å²) in [6.45, 7) is 0.576. The topological polar surface area (TPSA) is 59.2 Å². The lowest BCUT2D eigenvalue weighted by atomic mass is 9.90. The van der Waals surface area contributed by atoms with Crippen LogP contribution in [0.25, 0.3) is 11.4 Å². The first-order valence-corrected chi connectivity index (χ1v) is 10.1. The summed E-state index contributed by atoms with van der Waals surface area (Å²) < 4.78 is 5.50. The van der Waals surface area contributed by atoms with Crippen LogP contribution < -0.4 is 4.90 Å². The van der Waals surface area contributed by atoms with Crippen molar-refractivity contribution in [3.05, 3.63) is 64.5 Å². The summed E-state index contributed by atoms with van der Waals surface area (Å²) in [5, 5.41) is 4.72. The number of amides is 1. The highest BCUT2D eigenvalue weighted by atomic mass is 35.5. The summed E-state index contributed by atoms with van der Waals surface area (Å²) in [5.41, 5.74) is 4.56. The van der Waals surface area contributed by atoms with Crippen LogP contribution in [0, 0.1) is 0 Å². The summed E-state index contributed by atoms with van der Waals surface area (Å²) in [6.07, 6.45) is 4.94. The molecule has 0 bridgehead atoms. The third-order valence-corrected chi connectivity index (χ3v) is 5.90. The number of halogens is 1. The van der Waals surface area contributed by atoms with Crippen LogP contribution >= 0.6 is 11.6 Å². The van der Waals surface area contributed by atoms with Crippen molar-refractivity contribution >= 4 is 23.2 Å². The molecule has 2 aromatic carbocycles. The maximum Gasteiger partial charge on any atom is 0.232 e. The second kappa shape index (κ2) is 7.06. The van der Waals surface area contributed by atoms with E-state index in [2.05, 4.69) is 28.3 Å². The van der Waals surface area contributed by atoms with Crippen molar-refractivity contribution in [3.8, 4) is 11.4 Å². The van der Waals surface area contributed by atoms with Gasteiger partial charge in [0.1, 0.15) is 0 Å². The maximum atomic E-state index is 12.8. The Kier molecular flexibility index (Phi) is 4.40. The van der Waals surface area contributed by atoms with Crippen LogP contribution in [0.2, 0.25) is 5.02 Å². The Bertz CT molecular complexity index is 1050. The summed E-state index contributed by atoms with van der Waals surface area (Å²) >= 11 is 6.06. The Morgan fingerprint density at radius 1 is 1.11 bits per heavy atom. The molecule has 1 aromatic heterocycles. The van der Waals surface area contributed by atoms with E-state index in [1.165, 1.54) is 24.0 Å². The fraction of sp³-hybridized carbons (Fsp3) is 0.318. The van der Waals surface area contributed by atoms with E-state index in [1.54, 1.807) is 12.1 Å². The zero-order chi connectivity index (χ0) is 19.1. The lowest BCUT2D eigenvalue weighted by molar-refractivity contribution is -0.117. The van der Waals surface area contributed by atoms with Crippen molar-refractivity contribution in [2.45, 2.75) is 38.0 Å². The number of hydrogen-bond donors (Lipinski definition) is 0. The zero-order valence-corrected chi connectivity index (χ0v) is 16.2. The van der Waals surface area contributed by atoms with Gasteiger partial charge in [0.05, 0.1) is 5.92 Å². The van der Waals surface area contributed by atoms with E-state index in [9.17, 15) is 4.79 Å². The summed E-state index contributed by atoms with van der Waals surface area (Å²) in [4.78, 5) is 19.2. The third kappa shape index (κ3) is 3.10. The van der Waals surface area contributed by atoms with Gasteiger partial charge in [-0.3, -0.25) is 4.79 Å². The Morgan fingerprint density at radius 3 is 2.86 bits per heavy atom. The highest BCUT2D eigenvalue weighted by Crippen LogP contribution is 2.36. The predicted octanol–water partition coefficient (Wildman–Crippen LogP) is 4.79. The van der Waals surface area contributed by atoms with Crippen LogP contribution in [0.4, 0.5) is 5.69 Å². The molecular weight excluding hydrogens is 374 g/mol. The van der Waals surface area contributed by atoms with Crippen molar-refractivity contribution in [1.82, 2.24) is 10.1 Å². The van der Waals surface area contributed by atoms with Gasteiger partial charge in [-0.25, -0.2) is 0 Å². The van der Waals surface area contributed by atoms with Crippen LogP contribution in [0.15, 0.2) is 47.0 Å². The molecule has 0 saturated carbocycles. The van der Waals surface area contributed by atoms with Crippen molar-refractivity contribution in [1.29, 1.82) is 0 Å². The zero-order valence-electron chi connectivity index (χ0n) is 15.4. The molecule has 5 nitrogen and oxygen atoms in total. The van der Waals surface area contributed by atoms with Gasteiger partial charge in [-0.2, -0.15) is 4.98 Å². The number of fused-ring (bicyclic) bond motifs is 1. The van der Waals surface area contributed by atoms with Crippen molar-refractivity contribution in [3.63, 3.8) is 0 Å². The minimum atomic E-state index is -0.0904. The number of carbonyl (C=O) groups excluding carboxylic acids is 1. The van der Waals surface area contributed by atoms with E-state index in [-0.39, 0.29) is 11.8 Å². The van der Waals surface area contributed by atoms with Crippen molar-refractivity contribution in [2.24, 2.45) is 0 Å². The van der Waals surface area contributed by atoms with Gasteiger partial charge in [-0.15, -0.1) is 0 Å². The Morgan fingerprint density at radius 2 is 1.96 bits per heavy atom. The van der Waals surface area contributed by atoms with Crippen LogP contribution in [0.3, 0.4) is 0 Å². The van der Waals surface area contributed by atoms with E-state index in [0.717, 1.165) is 24.1 Å². The summed E-state index contributed by atoms with van der Waals surface area (Å²) in [6, 6.07) is 13.7. The number of rotatable bonds is 3. The molecule has 1 fully saturated rings. The normalized spacial score (nSPS) is 19.1. The molecule has 1 amide bonds. The van der Waals surface area contributed by atoms with E-state index in [4.69, 9.17) is 16.1 Å². The maximum absolute atomic E-state index is 12.8. The summed E-state index contributed by atoms with van der Waals surface area (Å²) in [7, 11) is 0. The molecule has 1 aliphatic heterocycles. The Labute approximate surface area is 168 Å². The molecule has 142 valence electrons. The average Bonchev–Trinajstić information content (AvgIpc) is 3.34. The minimum Gasteiger partial charge on any atom is -0.339 e. The van der Waals surface area contributed by atoms with Gasteiger partial charge in [0.25, 0.3) is 0 Å². The number of aryl methyl sites for hydroxylation is 1. The number of benzene rings is 2. The first-order chi connectivity index (χ1) is 13.7. The van der Waals surface area contributed by atoms with Crippen LogP contribution in [-0.4, -0.2) is 22.6 Å². The number of anilines is 1. The lowest BCUT2D eigenvalue weighted by Crippen LogP contribution is -2.26. The smallest absolute Gasteiger partial charge is 0.232 e. The molecular formula is C22H20ClN3O2. The van der Waals surface area contributed by atoms with Gasteiger partial charge in [-0.05, 0) is 55.0 Å². The average molecular weight is 394 g/mol. The van der Waals surface area contributed by atoms with Gasteiger partial charge < -0.3 is 9.42 Å². The van der Waals surface area contributed by atoms with Gasteiger partial charge in [0, 0.05) is 29.2 Å². The van der Waals surface area contributed by atoms with Crippen molar-refractivity contribution < 1.29 is 9.32 Å². The SMILES string of the molecule is O=C1CC(c2nc(-c3cccc(Cl)c3)no2)CN1c1cccc2c1CCCC2. The van der Waals surface area contributed by atoms with Crippen LogP contribution in [-0.2, 0) is 17.6 Å². The number of aromatic nitrogens is 2. The van der Waals surface area contributed by atoms with Gasteiger partial charge in [0.2, 0.25) is 17.6 Å². The fourth-order valence-corrected chi connectivity index (χ4v) is 4.46. The Hall–Kier alpha value is -2.66. The molecule has 2 heterocycles. The molecule has 2 aliphatic rings. The molecule has 1 saturated heterocycles. The highest BCUT2D eigenvalue weighted by Gasteiger charge is 2.36. The van der Waals surface area contributed by atoms with Gasteiger partial charge in [0.15, 0.2) is 0 Å². The van der Waals surface area contributed by atoms with Crippen LogP contribution in [0.1, 0.15) is 42.2 Å². The molecule has 0 N–H and O–H groups in total. The summed E-state index contributed by atoms with van der Waals surface area (Å²) in [5.74, 6) is 1.04. The molecule has 0 spiro atoms. The molecule has 5 rings (SSSR count). The fourth-order valence-electron chi connectivity index (χ4n) is 4.27. The first kappa shape index (κ1) is 17.4. The van der Waals surface area contributed by atoms with Crippen molar-refractivity contribution in [2.75, 3.05) is 11.4 Å². The van der Waals surface area contributed by atoms with E-state index < -0.39 is 0 Å². The quantitative estimate of drug-likeness (QED) is 0.642. The number of hydrogen-bond acceptors (Lipinski definition) is 4. The lowest BCUT2D eigenvalue weighted by Gasteiger charge is -2.25. The van der Waals surface area contributed by atoms with E-state index >= 15 is 0 Å². The highest BCUT2D eigenvalue weighted by molar-refractivity contribution is 6.30.